The van der Waals surface area contributed by atoms with E-state index in [0.29, 0.717) is 34.2 Å². The zero-order valence-electron chi connectivity index (χ0n) is 23.4. The zero-order chi connectivity index (χ0) is 27.7. The van der Waals surface area contributed by atoms with Gasteiger partial charge in [-0.1, -0.05) is 40.5 Å². The van der Waals surface area contributed by atoms with Crippen LogP contribution in [0.25, 0.3) is 11.1 Å². The molecular weight excluding hydrogens is 478 g/mol. The highest BCUT2D eigenvalue weighted by molar-refractivity contribution is 6.10. The van der Waals surface area contributed by atoms with E-state index in [-0.39, 0.29) is 30.2 Å². The van der Waals surface area contributed by atoms with Crippen molar-refractivity contribution in [2.75, 3.05) is 29.9 Å². The van der Waals surface area contributed by atoms with Crippen LogP contribution in [0.15, 0.2) is 18.5 Å². The summed E-state index contributed by atoms with van der Waals surface area (Å²) in [6, 6.07) is 4.23. The number of nitriles is 1. The van der Waals surface area contributed by atoms with Crippen LogP contribution in [0.4, 0.5) is 11.8 Å². The zero-order valence-corrected chi connectivity index (χ0v) is 23.4. The minimum atomic E-state index is -0.500. The number of carbonyl (C=O) groups is 1. The lowest BCUT2D eigenvalue weighted by Crippen LogP contribution is -2.34. The summed E-state index contributed by atoms with van der Waals surface area (Å²) in [5.74, 6) is 0.679. The van der Waals surface area contributed by atoms with Crippen molar-refractivity contribution >= 4 is 23.4 Å². The fourth-order valence-corrected chi connectivity index (χ4v) is 4.76. The van der Waals surface area contributed by atoms with E-state index in [0.717, 1.165) is 51.6 Å². The van der Waals surface area contributed by atoms with Gasteiger partial charge in [0.15, 0.2) is 5.69 Å². The van der Waals surface area contributed by atoms with Crippen molar-refractivity contribution in [1.29, 1.82) is 10.7 Å². The summed E-state index contributed by atoms with van der Waals surface area (Å²) in [6.45, 7) is 11.8. The number of ether oxygens (including phenoxy) is 1. The standard InChI is InChI=1S/C29H41N7O2/c1-6-9-22(10-7-2)34-27-25(26(31)19(4)5)23(15-24(35-27)28(37)38-8-3)21-17-32-29(33-18-21)36-13-11-20(16-30)12-14-36/h15,17-20,22,31H,6-14H2,1-5H3,(H,34,35). The van der Waals surface area contributed by atoms with E-state index in [2.05, 4.69) is 45.1 Å². The molecule has 2 N–H and O–H groups in total. The first kappa shape index (κ1) is 29.0. The predicted octanol–water partition coefficient (Wildman–Crippen LogP) is 5.86. The van der Waals surface area contributed by atoms with Gasteiger partial charge in [-0.25, -0.2) is 19.7 Å². The first-order valence-electron chi connectivity index (χ1n) is 13.9. The van der Waals surface area contributed by atoms with Crippen molar-refractivity contribution in [2.24, 2.45) is 11.8 Å². The number of nitrogens with one attached hydrogen (secondary N) is 2. The third-order valence-electron chi connectivity index (χ3n) is 6.88. The highest BCUT2D eigenvalue weighted by Crippen LogP contribution is 2.33. The van der Waals surface area contributed by atoms with Crippen LogP contribution in [0.2, 0.25) is 0 Å². The Labute approximate surface area is 226 Å². The Balaban J connectivity index is 2.09. The van der Waals surface area contributed by atoms with Gasteiger partial charge in [-0.15, -0.1) is 0 Å². The third-order valence-corrected chi connectivity index (χ3v) is 6.88. The molecule has 1 saturated heterocycles. The van der Waals surface area contributed by atoms with Gasteiger partial charge in [0, 0.05) is 54.3 Å². The Kier molecular flexibility index (Phi) is 10.6. The predicted molar refractivity (Wildman–Crippen MR) is 151 cm³/mol. The van der Waals surface area contributed by atoms with Gasteiger partial charge in [0.2, 0.25) is 5.95 Å². The first-order valence-corrected chi connectivity index (χ1v) is 13.9. The molecule has 1 fully saturated rings. The molecule has 2 aromatic heterocycles. The molecule has 0 bridgehead atoms. The van der Waals surface area contributed by atoms with Gasteiger partial charge in [0.05, 0.1) is 12.7 Å². The Morgan fingerprint density at radius 3 is 2.34 bits per heavy atom. The van der Waals surface area contributed by atoms with Crippen molar-refractivity contribution < 1.29 is 9.53 Å². The van der Waals surface area contributed by atoms with Crippen LogP contribution >= 0.6 is 0 Å². The number of rotatable bonds is 12. The second-order valence-electron chi connectivity index (χ2n) is 10.1. The van der Waals surface area contributed by atoms with Crippen molar-refractivity contribution in [2.45, 2.75) is 79.2 Å². The monoisotopic (exact) mass is 519 g/mol. The molecule has 1 aliphatic heterocycles. The van der Waals surface area contributed by atoms with Gasteiger partial charge < -0.3 is 20.4 Å². The largest absolute Gasteiger partial charge is 0.461 e. The molecule has 3 rings (SSSR count). The lowest BCUT2D eigenvalue weighted by Gasteiger charge is -2.29. The molecular formula is C29H41N7O2. The number of esters is 1. The molecule has 0 aliphatic carbocycles. The van der Waals surface area contributed by atoms with Crippen molar-refractivity contribution in [1.82, 2.24) is 15.0 Å². The number of nitrogens with zero attached hydrogens (tertiary/aromatic N) is 5. The molecule has 9 nitrogen and oxygen atoms in total. The topological polar surface area (TPSA) is 128 Å². The lowest BCUT2D eigenvalue weighted by atomic mass is 9.92. The molecule has 2 aromatic rings. The van der Waals surface area contributed by atoms with Crippen LogP contribution in [0.5, 0.6) is 0 Å². The minimum absolute atomic E-state index is 0.0537. The highest BCUT2D eigenvalue weighted by atomic mass is 16.5. The maximum atomic E-state index is 12.8. The summed E-state index contributed by atoms with van der Waals surface area (Å²) in [5, 5.41) is 21.8. The molecule has 204 valence electrons. The van der Waals surface area contributed by atoms with Crippen LogP contribution < -0.4 is 10.2 Å². The molecule has 38 heavy (non-hydrogen) atoms. The summed E-state index contributed by atoms with van der Waals surface area (Å²) in [4.78, 5) is 28.9. The van der Waals surface area contributed by atoms with Crippen molar-refractivity contribution in [3.8, 4) is 17.2 Å². The van der Waals surface area contributed by atoms with E-state index in [1.54, 1.807) is 25.4 Å². The number of aromatic nitrogens is 3. The first-order chi connectivity index (χ1) is 18.3. The number of pyridine rings is 1. The fourth-order valence-electron chi connectivity index (χ4n) is 4.76. The summed E-state index contributed by atoms with van der Waals surface area (Å²) >= 11 is 0. The van der Waals surface area contributed by atoms with Crippen LogP contribution in [0.3, 0.4) is 0 Å². The Morgan fingerprint density at radius 1 is 1.18 bits per heavy atom. The lowest BCUT2D eigenvalue weighted by molar-refractivity contribution is 0.0519. The quantitative estimate of drug-likeness (QED) is 0.264. The summed E-state index contributed by atoms with van der Waals surface area (Å²) in [5.41, 5.74) is 2.68. The number of piperidine rings is 1. The molecule has 0 aromatic carbocycles. The van der Waals surface area contributed by atoms with Crippen molar-refractivity contribution in [3.63, 3.8) is 0 Å². The van der Waals surface area contributed by atoms with Crippen LogP contribution in [0, 0.1) is 28.6 Å². The molecule has 0 atom stereocenters. The van der Waals surface area contributed by atoms with E-state index in [9.17, 15) is 10.1 Å². The smallest absolute Gasteiger partial charge is 0.357 e. The minimum Gasteiger partial charge on any atom is -0.461 e. The summed E-state index contributed by atoms with van der Waals surface area (Å²) in [6.07, 6.45) is 9.05. The maximum absolute atomic E-state index is 12.8. The molecule has 0 amide bonds. The number of hydrogen-bond acceptors (Lipinski definition) is 9. The molecule has 0 unspecified atom stereocenters. The van der Waals surface area contributed by atoms with Gasteiger partial charge >= 0.3 is 5.97 Å². The Morgan fingerprint density at radius 2 is 1.82 bits per heavy atom. The fraction of sp³-hybridized carbons (Fsp3) is 0.586. The SMILES string of the molecule is CCCC(CCC)Nc1nc(C(=O)OCC)cc(-c2cnc(N3CCC(C#N)CC3)nc2)c1C(=N)C(C)C. The maximum Gasteiger partial charge on any atom is 0.357 e. The average molecular weight is 520 g/mol. The molecule has 1 aliphatic rings. The second kappa shape index (κ2) is 13.8. The van der Waals surface area contributed by atoms with Crippen LogP contribution in [-0.2, 0) is 4.74 Å². The van der Waals surface area contributed by atoms with E-state index in [4.69, 9.17) is 10.1 Å². The van der Waals surface area contributed by atoms with Gasteiger partial charge in [0.25, 0.3) is 0 Å². The van der Waals surface area contributed by atoms with Gasteiger partial charge in [-0.3, -0.25) is 0 Å². The van der Waals surface area contributed by atoms with E-state index >= 15 is 0 Å². The van der Waals surface area contributed by atoms with Gasteiger partial charge in [0.1, 0.15) is 5.82 Å². The molecule has 3 heterocycles. The average Bonchev–Trinajstić information content (AvgIpc) is 2.92. The van der Waals surface area contributed by atoms with Gasteiger partial charge in [-0.05, 0) is 50.2 Å². The molecule has 9 heteroatoms. The Hall–Kier alpha value is -3.54. The highest BCUT2D eigenvalue weighted by Gasteiger charge is 2.25. The van der Waals surface area contributed by atoms with E-state index < -0.39 is 5.97 Å². The Bertz CT molecular complexity index is 1130. The van der Waals surface area contributed by atoms with E-state index in [1.807, 2.05) is 13.8 Å². The van der Waals surface area contributed by atoms with Crippen molar-refractivity contribution in [3.05, 3.63) is 29.7 Å². The number of hydrogen-bond donors (Lipinski definition) is 2. The van der Waals surface area contributed by atoms with E-state index in [1.165, 1.54) is 0 Å². The molecule has 0 spiro atoms. The van der Waals surface area contributed by atoms with Crippen LogP contribution in [0.1, 0.15) is 89.2 Å². The van der Waals surface area contributed by atoms with Crippen LogP contribution in [-0.4, -0.2) is 52.4 Å². The molecule has 0 radical (unpaired) electrons. The molecule has 0 saturated carbocycles. The second-order valence-corrected chi connectivity index (χ2v) is 10.1. The van der Waals surface area contributed by atoms with Gasteiger partial charge in [-0.2, -0.15) is 5.26 Å². The number of anilines is 2. The third kappa shape index (κ3) is 7.06. The summed E-state index contributed by atoms with van der Waals surface area (Å²) < 4.78 is 5.29. The number of carbonyl (C=O) groups excluding carboxylic acids is 1. The normalized spacial score (nSPS) is 14.0. The summed E-state index contributed by atoms with van der Waals surface area (Å²) in [7, 11) is 0.